The monoisotopic (exact) mass is 248 g/mol. The van der Waals surface area contributed by atoms with Gasteiger partial charge in [0.15, 0.2) is 0 Å². The molecule has 0 aliphatic carbocycles. The Bertz CT molecular complexity index is 407. The molecule has 2 rings (SSSR count). The quantitative estimate of drug-likeness (QED) is 0.816. The summed E-state index contributed by atoms with van der Waals surface area (Å²) in [7, 11) is 2.70. The van der Waals surface area contributed by atoms with Crippen molar-refractivity contribution in [2.24, 2.45) is 0 Å². The highest BCUT2D eigenvalue weighted by atomic mass is 31.0. The smallest absolute Gasteiger partial charge is 0.137 e. The summed E-state index contributed by atoms with van der Waals surface area (Å²) in [5, 5.41) is 0. The number of benzene rings is 1. The minimum absolute atomic E-state index is 0.938. The van der Waals surface area contributed by atoms with Crippen LogP contribution in [0.2, 0.25) is 0 Å². The number of aromatic nitrogens is 2. The Hall–Kier alpha value is -1.14. The van der Waals surface area contributed by atoms with Crippen molar-refractivity contribution in [2.75, 3.05) is 6.16 Å². The molecule has 0 saturated heterocycles. The van der Waals surface area contributed by atoms with Crippen LogP contribution in [0.3, 0.4) is 0 Å². The predicted molar refractivity (Wildman–Crippen MR) is 78.2 cm³/mol. The molecule has 0 aliphatic rings. The lowest BCUT2D eigenvalue weighted by atomic mass is 10.2. The van der Waals surface area contributed by atoms with Gasteiger partial charge in [-0.2, -0.15) is 0 Å². The van der Waals surface area contributed by atoms with Gasteiger partial charge in [0.1, 0.15) is 5.82 Å². The molecule has 2 aromatic rings. The van der Waals surface area contributed by atoms with Crippen molar-refractivity contribution >= 4 is 9.24 Å². The van der Waals surface area contributed by atoms with Crippen molar-refractivity contribution in [3.63, 3.8) is 0 Å². The zero-order valence-corrected chi connectivity index (χ0v) is 11.8. The number of nitrogens with zero attached hydrogens (tertiary/aromatic N) is 1. The average molecular weight is 248 g/mol. The summed E-state index contributed by atoms with van der Waals surface area (Å²) < 4.78 is 0. The first-order valence-corrected chi connectivity index (χ1v) is 6.86. The Morgan fingerprint density at radius 2 is 1.94 bits per heavy atom. The lowest BCUT2D eigenvalue weighted by Crippen LogP contribution is -1.78. The fraction of sp³-hybridized carbons (Fsp3) is 0.357. The molecule has 1 atom stereocenters. The summed E-state index contributed by atoms with van der Waals surface area (Å²) in [5.41, 5.74) is 2.22. The number of hydrogen-bond donors (Lipinski definition) is 1. The minimum Gasteiger partial charge on any atom is -0.342 e. The second kappa shape index (κ2) is 8.03. The van der Waals surface area contributed by atoms with Crippen molar-refractivity contribution in [1.29, 1.82) is 0 Å². The number of rotatable bonds is 3. The van der Waals surface area contributed by atoms with E-state index in [1.54, 1.807) is 0 Å². The van der Waals surface area contributed by atoms with E-state index in [0.717, 1.165) is 17.1 Å². The van der Waals surface area contributed by atoms with Crippen LogP contribution in [-0.4, -0.2) is 16.1 Å². The van der Waals surface area contributed by atoms with Crippen LogP contribution in [0.4, 0.5) is 0 Å². The molecule has 0 aliphatic heterocycles. The lowest BCUT2D eigenvalue weighted by molar-refractivity contribution is 0.897. The Balaban J connectivity index is 0.000000249. The molecule has 0 amide bonds. The van der Waals surface area contributed by atoms with Crippen LogP contribution in [0.15, 0.2) is 36.5 Å². The second-order valence-electron chi connectivity index (χ2n) is 3.92. The zero-order valence-electron chi connectivity index (χ0n) is 10.6. The third-order valence-electron chi connectivity index (χ3n) is 2.31. The van der Waals surface area contributed by atoms with Crippen molar-refractivity contribution in [2.45, 2.75) is 26.7 Å². The van der Waals surface area contributed by atoms with E-state index >= 15 is 0 Å². The number of hydrogen-bond acceptors (Lipinski definition) is 1. The highest BCUT2D eigenvalue weighted by molar-refractivity contribution is 7.16. The molecule has 1 aromatic heterocycles. The van der Waals surface area contributed by atoms with Gasteiger partial charge in [0, 0.05) is 17.5 Å². The number of nitrogens with one attached hydrogen (secondary N) is 1. The van der Waals surface area contributed by atoms with Crippen molar-refractivity contribution < 1.29 is 0 Å². The maximum Gasteiger partial charge on any atom is 0.137 e. The third-order valence-corrected chi connectivity index (χ3v) is 2.72. The number of aryl methyl sites for hydroxylation is 1. The van der Waals surface area contributed by atoms with E-state index in [-0.39, 0.29) is 0 Å². The average Bonchev–Trinajstić information content (AvgIpc) is 2.79. The molecular weight excluding hydrogens is 227 g/mol. The van der Waals surface area contributed by atoms with Gasteiger partial charge in [-0.15, -0.1) is 9.24 Å². The van der Waals surface area contributed by atoms with E-state index in [1.165, 1.54) is 19.0 Å². The van der Waals surface area contributed by atoms with Crippen LogP contribution >= 0.6 is 9.24 Å². The van der Waals surface area contributed by atoms with Gasteiger partial charge in [-0.1, -0.05) is 50.1 Å². The third kappa shape index (κ3) is 5.14. The first-order valence-electron chi connectivity index (χ1n) is 6.05. The zero-order chi connectivity index (χ0) is 12.5. The molecule has 3 heteroatoms. The standard InChI is InChI=1S/C10H10N2.C4H11P/c1-8-7-11-10(12-8)9-5-3-2-4-6-9;1-2-3-4-5/h2-7H,1H3,(H,11,12);2-5H2,1H3. The van der Waals surface area contributed by atoms with Gasteiger partial charge in [-0.3, -0.25) is 0 Å². The van der Waals surface area contributed by atoms with E-state index < -0.39 is 0 Å². The highest BCUT2D eigenvalue weighted by Crippen LogP contribution is 2.13. The summed E-state index contributed by atoms with van der Waals surface area (Å²) in [4.78, 5) is 7.41. The number of imidazole rings is 1. The van der Waals surface area contributed by atoms with Crippen LogP contribution in [0, 0.1) is 6.92 Å². The molecule has 17 heavy (non-hydrogen) atoms. The largest absolute Gasteiger partial charge is 0.342 e. The molecule has 0 bridgehead atoms. The Labute approximate surface area is 106 Å². The van der Waals surface area contributed by atoms with Crippen LogP contribution in [0.1, 0.15) is 25.5 Å². The molecule has 92 valence electrons. The minimum atomic E-state index is 0.938. The topological polar surface area (TPSA) is 28.7 Å². The van der Waals surface area contributed by atoms with Crippen molar-refractivity contribution in [3.05, 3.63) is 42.2 Å². The molecule has 1 N–H and O–H groups in total. The first kappa shape index (κ1) is 13.9. The fourth-order valence-electron chi connectivity index (χ4n) is 1.36. The number of H-pyrrole nitrogens is 1. The molecule has 0 spiro atoms. The van der Waals surface area contributed by atoms with Gasteiger partial charge in [0.05, 0.1) is 0 Å². The van der Waals surface area contributed by atoms with E-state index in [0.29, 0.717) is 0 Å². The number of unbranched alkanes of at least 4 members (excludes halogenated alkanes) is 1. The highest BCUT2D eigenvalue weighted by Gasteiger charge is 1.98. The van der Waals surface area contributed by atoms with E-state index in [1.807, 2.05) is 43.5 Å². The van der Waals surface area contributed by atoms with Gasteiger partial charge < -0.3 is 4.98 Å². The van der Waals surface area contributed by atoms with Crippen molar-refractivity contribution in [3.8, 4) is 11.4 Å². The lowest BCUT2D eigenvalue weighted by Gasteiger charge is -1.93. The molecule has 0 saturated carbocycles. The first-order chi connectivity index (χ1) is 8.27. The van der Waals surface area contributed by atoms with Gasteiger partial charge in [0.2, 0.25) is 0 Å². The summed E-state index contributed by atoms with van der Waals surface area (Å²) in [6.07, 6.45) is 5.77. The van der Waals surface area contributed by atoms with Crippen LogP contribution in [-0.2, 0) is 0 Å². The van der Waals surface area contributed by atoms with Gasteiger partial charge >= 0.3 is 0 Å². The molecule has 0 radical (unpaired) electrons. The van der Waals surface area contributed by atoms with Crippen LogP contribution in [0.5, 0.6) is 0 Å². The molecular formula is C14H21N2P. The molecule has 1 aromatic carbocycles. The Morgan fingerprint density at radius 1 is 1.24 bits per heavy atom. The predicted octanol–water partition coefficient (Wildman–Crippen LogP) is 4.05. The van der Waals surface area contributed by atoms with Crippen molar-refractivity contribution in [1.82, 2.24) is 9.97 Å². The summed E-state index contributed by atoms with van der Waals surface area (Å²) in [5.74, 6) is 0.938. The summed E-state index contributed by atoms with van der Waals surface area (Å²) in [6, 6.07) is 10.1. The van der Waals surface area contributed by atoms with E-state index in [9.17, 15) is 0 Å². The van der Waals surface area contributed by atoms with Gasteiger partial charge in [-0.05, 0) is 13.1 Å². The molecule has 0 fully saturated rings. The van der Waals surface area contributed by atoms with E-state index in [2.05, 4.69) is 26.1 Å². The van der Waals surface area contributed by atoms with Crippen LogP contribution in [0.25, 0.3) is 11.4 Å². The maximum absolute atomic E-state index is 4.23. The molecule has 2 nitrogen and oxygen atoms in total. The maximum atomic E-state index is 4.23. The van der Waals surface area contributed by atoms with Gasteiger partial charge in [0.25, 0.3) is 0 Å². The SMILES string of the molecule is CCCCP.Cc1cnc(-c2ccccc2)[nH]1. The molecule has 1 heterocycles. The Morgan fingerprint density at radius 3 is 2.35 bits per heavy atom. The summed E-state index contributed by atoms with van der Waals surface area (Å²) in [6.45, 7) is 4.20. The summed E-state index contributed by atoms with van der Waals surface area (Å²) >= 11 is 0. The van der Waals surface area contributed by atoms with E-state index in [4.69, 9.17) is 0 Å². The fourth-order valence-corrected chi connectivity index (χ4v) is 1.77. The number of aromatic amines is 1. The van der Waals surface area contributed by atoms with Crippen LogP contribution < -0.4 is 0 Å². The van der Waals surface area contributed by atoms with Gasteiger partial charge in [-0.25, -0.2) is 4.98 Å². The molecule has 1 unspecified atom stereocenters. The normalized spacial score (nSPS) is 9.59. The second-order valence-corrected chi connectivity index (χ2v) is 4.50. The Kier molecular flexibility index (Phi) is 6.57.